The minimum Gasteiger partial charge on any atom is -0.339 e. The predicted octanol–water partition coefficient (Wildman–Crippen LogP) is 4.82. The minimum atomic E-state index is -0.0339. The molecule has 1 aliphatic carbocycles. The number of fused-ring (bicyclic) bond motifs is 1. The number of hydrogen-bond acceptors (Lipinski definition) is 2. The van der Waals surface area contributed by atoms with Gasteiger partial charge >= 0.3 is 0 Å². The Morgan fingerprint density at radius 1 is 0.964 bits per heavy atom. The molecule has 2 aromatic carbocycles. The van der Waals surface area contributed by atoms with Crippen molar-refractivity contribution in [1.29, 1.82) is 0 Å². The molecule has 1 saturated heterocycles. The maximum Gasteiger partial charge on any atom is 0.253 e. The van der Waals surface area contributed by atoms with Gasteiger partial charge in [0.05, 0.1) is 0 Å². The first-order chi connectivity index (χ1) is 13.6. The van der Waals surface area contributed by atoms with Crippen LogP contribution < -0.4 is 5.32 Å². The summed E-state index contributed by atoms with van der Waals surface area (Å²) >= 11 is 3.40. The van der Waals surface area contributed by atoms with Crippen LogP contribution in [-0.4, -0.2) is 29.8 Å². The molecule has 5 heteroatoms. The number of carbonyl (C=O) groups excluding carboxylic acids is 2. The van der Waals surface area contributed by atoms with Crippen LogP contribution in [0.25, 0.3) is 0 Å². The Labute approximate surface area is 174 Å². The van der Waals surface area contributed by atoms with Crippen LogP contribution in [-0.2, 0) is 17.6 Å². The van der Waals surface area contributed by atoms with Gasteiger partial charge in [0.25, 0.3) is 5.91 Å². The number of aryl methyl sites for hydroxylation is 1. The highest BCUT2D eigenvalue weighted by molar-refractivity contribution is 9.10. The van der Waals surface area contributed by atoms with Gasteiger partial charge in [0, 0.05) is 34.7 Å². The van der Waals surface area contributed by atoms with Crippen LogP contribution in [0.2, 0.25) is 0 Å². The van der Waals surface area contributed by atoms with Gasteiger partial charge in [-0.1, -0.05) is 28.1 Å². The fraction of sp³-hybridized carbons (Fsp3) is 0.391. The van der Waals surface area contributed by atoms with E-state index in [4.69, 9.17) is 0 Å². The lowest BCUT2D eigenvalue weighted by Gasteiger charge is -2.31. The summed E-state index contributed by atoms with van der Waals surface area (Å²) < 4.78 is 0.961. The van der Waals surface area contributed by atoms with Crippen LogP contribution in [0, 0.1) is 5.92 Å². The molecule has 4 nitrogen and oxygen atoms in total. The summed E-state index contributed by atoms with van der Waals surface area (Å²) in [7, 11) is 0. The third kappa shape index (κ3) is 4.14. The second-order valence-corrected chi connectivity index (χ2v) is 8.63. The zero-order valence-electron chi connectivity index (χ0n) is 15.9. The van der Waals surface area contributed by atoms with E-state index >= 15 is 0 Å². The largest absolute Gasteiger partial charge is 0.339 e. The molecule has 1 N–H and O–H groups in total. The molecule has 1 aliphatic heterocycles. The van der Waals surface area contributed by atoms with E-state index in [1.807, 2.05) is 41.3 Å². The van der Waals surface area contributed by atoms with E-state index in [-0.39, 0.29) is 17.7 Å². The fourth-order valence-electron chi connectivity index (χ4n) is 4.25. The number of nitrogens with one attached hydrogen (secondary N) is 1. The zero-order chi connectivity index (χ0) is 19.5. The van der Waals surface area contributed by atoms with E-state index in [0.717, 1.165) is 23.0 Å². The summed E-state index contributed by atoms with van der Waals surface area (Å²) in [6.45, 7) is 1.25. The molecule has 2 amide bonds. The SMILES string of the molecule is O=C(Nc1cccc2c1CCCC2)C1CCN(C(=O)c2ccc(Br)cc2)CC1. The molecule has 0 saturated carbocycles. The van der Waals surface area contributed by atoms with Crippen LogP contribution in [0.3, 0.4) is 0 Å². The number of benzene rings is 2. The number of amides is 2. The topological polar surface area (TPSA) is 49.4 Å². The molecule has 0 atom stereocenters. The molecular weight excluding hydrogens is 416 g/mol. The number of anilines is 1. The number of piperidine rings is 1. The summed E-state index contributed by atoms with van der Waals surface area (Å²) in [6.07, 6.45) is 6.00. The zero-order valence-corrected chi connectivity index (χ0v) is 17.5. The molecule has 146 valence electrons. The van der Waals surface area contributed by atoms with Crippen LogP contribution in [0.1, 0.15) is 47.2 Å². The van der Waals surface area contributed by atoms with Gasteiger partial charge in [-0.15, -0.1) is 0 Å². The van der Waals surface area contributed by atoms with Gasteiger partial charge in [0.2, 0.25) is 5.91 Å². The Morgan fingerprint density at radius 2 is 1.68 bits per heavy atom. The Balaban J connectivity index is 1.35. The molecule has 1 heterocycles. The second-order valence-electron chi connectivity index (χ2n) is 7.71. The molecule has 2 aliphatic rings. The van der Waals surface area contributed by atoms with E-state index in [0.29, 0.717) is 31.5 Å². The van der Waals surface area contributed by atoms with Gasteiger partial charge in [0.15, 0.2) is 0 Å². The van der Waals surface area contributed by atoms with Crippen molar-refractivity contribution in [3.05, 3.63) is 63.6 Å². The number of hydrogen-bond donors (Lipinski definition) is 1. The lowest BCUT2D eigenvalue weighted by atomic mass is 9.90. The quantitative estimate of drug-likeness (QED) is 0.743. The Hall–Kier alpha value is -2.14. The third-order valence-electron chi connectivity index (χ3n) is 5.90. The fourth-order valence-corrected chi connectivity index (χ4v) is 4.52. The van der Waals surface area contributed by atoms with Crippen LogP contribution in [0.5, 0.6) is 0 Å². The summed E-state index contributed by atoms with van der Waals surface area (Å²) in [5.74, 6) is 0.103. The average molecular weight is 441 g/mol. The monoisotopic (exact) mass is 440 g/mol. The molecule has 4 rings (SSSR count). The number of carbonyl (C=O) groups is 2. The van der Waals surface area contributed by atoms with Crippen molar-refractivity contribution >= 4 is 33.4 Å². The Bertz CT molecular complexity index is 871. The van der Waals surface area contributed by atoms with Gasteiger partial charge in [-0.2, -0.15) is 0 Å². The van der Waals surface area contributed by atoms with Crippen molar-refractivity contribution in [2.75, 3.05) is 18.4 Å². The summed E-state index contributed by atoms with van der Waals surface area (Å²) in [5.41, 5.74) is 4.36. The van der Waals surface area contributed by atoms with Gasteiger partial charge in [-0.05, 0) is 80.0 Å². The van der Waals surface area contributed by atoms with Gasteiger partial charge in [0.1, 0.15) is 0 Å². The molecule has 1 fully saturated rings. The van der Waals surface area contributed by atoms with Crippen molar-refractivity contribution < 1.29 is 9.59 Å². The Kier molecular flexibility index (Phi) is 5.81. The summed E-state index contributed by atoms with van der Waals surface area (Å²) in [6, 6.07) is 13.7. The highest BCUT2D eigenvalue weighted by Crippen LogP contribution is 2.29. The first kappa shape index (κ1) is 19.2. The molecule has 0 bridgehead atoms. The first-order valence-corrected chi connectivity index (χ1v) is 10.9. The highest BCUT2D eigenvalue weighted by Gasteiger charge is 2.28. The maximum atomic E-state index is 12.8. The lowest BCUT2D eigenvalue weighted by molar-refractivity contribution is -0.121. The molecule has 0 unspecified atom stereocenters. The predicted molar refractivity (Wildman–Crippen MR) is 114 cm³/mol. The van der Waals surface area contributed by atoms with E-state index in [2.05, 4.69) is 27.3 Å². The van der Waals surface area contributed by atoms with Crippen molar-refractivity contribution in [2.24, 2.45) is 5.92 Å². The summed E-state index contributed by atoms with van der Waals surface area (Å²) in [5, 5.41) is 3.17. The normalized spacial score (nSPS) is 17.1. The number of likely N-dealkylation sites (tertiary alicyclic amines) is 1. The second kappa shape index (κ2) is 8.48. The smallest absolute Gasteiger partial charge is 0.253 e. The Morgan fingerprint density at radius 3 is 2.43 bits per heavy atom. The van der Waals surface area contributed by atoms with Crippen molar-refractivity contribution in [3.63, 3.8) is 0 Å². The van der Waals surface area contributed by atoms with E-state index in [1.54, 1.807) is 0 Å². The molecule has 0 spiro atoms. The number of halogens is 1. The lowest BCUT2D eigenvalue weighted by Crippen LogP contribution is -2.41. The van der Waals surface area contributed by atoms with E-state index in [1.165, 1.54) is 24.0 Å². The molecule has 0 radical (unpaired) electrons. The molecule has 28 heavy (non-hydrogen) atoms. The summed E-state index contributed by atoms with van der Waals surface area (Å²) in [4.78, 5) is 27.3. The highest BCUT2D eigenvalue weighted by atomic mass is 79.9. The van der Waals surface area contributed by atoms with Crippen molar-refractivity contribution in [2.45, 2.75) is 38.5 Å². The van der Waals surface area contributed by atoms with Crippen molar-refractivity contribution in [3.8, 4) is 0 Å². The van der Waals surface area contributed by atoms with Crippen LogP contribution in [0.15, 0.2) is 46.9 Å². The van der Waals surface area contributed by atoms with Crippen LogP contribution >= 0.6 is 15.9 Å². The molecular formula is C23H25BrN2O2. The van der Waals surface area contributed by atoms with E-state index < -0.39 is 0 Å². The van der Waals surface area contributed by atoms with Crippen molar-refractivity contribution in [1.82, 2.24) is 4.90 Å². The average Bonchev–Trinajstić information content (AvgIpc) is 2.74. The van der Waals surface area contributed by atoms with Gasteiger partial charge < -0.3 is 10.2 Å². The number of rotatable bonds is 3. The van der Waals surface area contributed by atoms with Crippen LogP contribution in [0.4, 0.5) is 5.69 Å². The molecule has 0 aromatic heterocycles. The number of nitrogens with zero attached hydrogens (tertiary/aromatic N) is 1. The molecule has 2 aromatic rings. The van der Waals surface area contributed by atoms with E-state index in [9.17, 15) is 9.59 Å². The standard InChI is InChI=1S/C23H25BrN2O2/c24-19-10-8-18(9-11-19)23(28)26-14-12-17(13-15-26)22(27)25-21-7-3-5-16-4-1-2-6-20(16)21/h3,5,7-11,17H,1-2,4,6,12-15H2,(H,25,27). The first-order valence-electron chi connectivity index (χ1n) is 10.1. The maximum absolute atomic E-state index is 12.8. The third-order valence-corrected chi connectivity index (χ3v) is 6.43. The minimum absolute atomic E-state index is 0.0339. The van der Waals surface area contributed by atoms with Gasteiger partial charge in [-0.3, -0.25) is 9.59 Å². The van der Waals surface area contributed by atoms with Gasteiger partial charge in [-0.25, -0.2) is 0 Å².